The Hall–Kier alpha value is -3.41. The van der Waals surface area contributed by atoms with Crippen molar-refractivity contribution in [2.75, 3.05) is 23.3 Å². The zero-order valence-electron chi connectivity index (χ0n) is 16.4. The number of nitrogens with zero attached hydrogens (tertiary/aromatic N) is 3. The lowest BCUT2D eigenvalue weighted by atomic mass is 9.97. The van der Waals surface area contributed by atoms with Gasteiger partial charge in [0.1, 0.15) is 11.5 Å². The normalized spacial score (nSPS) is 16.3. The molecule has 2 aromatic carbocycles. The molecule has 1 fully saturated rings. The number of carbonyl (C=O) groups is 1. The van der Waals surface area contributed by atoms with Gasteiger partial charge in [-0.2, -0.15) is 5.10 Å². The number of hydrogen-bond acceptors (Lipinski definition) is 5. The fourth-order valence-corrected chi connectivity index (χ4v) is 3.44. The first-order valence-electron chi connectivity index (χ1n) is 9.86. The molecule has 6 nitrogen and oxygen atoms in total. The van der Waals surface area contributed by atoms with Gasteiger partial charge in [0, 0.05) is 18.8 Å². The second kappa shape index (κ2) is 8.73. The first-order valence-corrected chi connectivity index (χ1v) is 9.86. The Kier molecular flexibility index (Phi) is 5.70. The van der Waals surface area contributed by atoms with Crippen LogP contribution in [0.25, 0.3) is 0 Å². The molecule has 2 heterocycles. The van der Waals surface area contributed by atoms with E-state index in [1.165, 1.54) is 0 Å². The van der Waals surface area contributed by atoms with Gasteiger partial charge in [0.15, 0.2) is 5.82 Å². The Bertz CT molecular complexity index is 943. The lowest BCUT2D eigenvalue weighted by Gasteiger charge is -2.32. The number of aromatic nitrogens is 2. The largest absolute Gasteiger partial charge is 0.457 e. The van der Waals surface area contributed by atoms with Crippen LogP contribution in [0.15, 0.2) is 66.7 Å². The van der Waals surface area contributed by atoms with E-state index in [0.717, 1.165) is 48.1 Å². The maximum absolute atomic E-state index is 12.8. The SMILES string of the molecule is Cc1ccc(N2CCCC(C(=O)Nc3ccc(Oc4ccccc4)cc3)C2)nn1. The molecule has 29 heavy (non-hydrogen) atoms. The summed E-state index contributed by atoms with van der Waals surface area (Å²) >= 11 is 0. The number of amides is 1. The zero-order valence-corrected chi connectivity index (χ0v) is 16.4. The summed E-state index contributed by atoms with van der Waals surface area (Å²) in [5, 5.41) is 11.4. The average molecular weight is 388 g/mol. The molecule has 1 atom stereocenters. The van der Waals surface area contributed by atoms with Gasteiger partial charge in [0.2, 0.25) is 5.91 Å². The maximum atomic E-state index is 12.8. The van der Waals surface area contributed by atoms with E-state index in [1.54, 1.807) is 0 Å². The highest BCUT2D eigenvalue weighted by Crippen LogP contribution is 2.25. The molecule has 4 rings (SSSR count). The van der Waals surface area contributed by atoms with Crippen LogP contribution in [0.3, 0.4) is 0 Å². The Labute approximate surface area is 170 Å². The van der Waals surface area contributed by atoms with Crippen LogP contribution >= 0.6 is 0 Å². The summed E-state index contributed by atoms with van der Waals surface area (Å²) < 4.78 is 5.79. The van der Waals surface area contributed by atoms with Gasteiger partial charge in [0.05, 0.1) is 11.6 Å². The van der Waals surface area contributed by atoms with Gasteiger partial charge in [-0.05, 0) is 68.3 Å². The van der Waals surface area contributed by atoms with Gasteiger partial charge in [-0.25, -0.2) is 0 Å². The average Bonchev–Trinajstić information content (AvgIpc) is 2.76. The smallest absolute Gasteiger partial charge is 0.229 e. The number of ether oxygens (including phenoxy) is 1. The third-order valence-corrected chi connectivity index (χ3v) is 5.00. The highest BCUT2D eigenvalue weighted by atomic mass is 16.5. The van der Waals surface area contributed by atoms with Crippen molar-refractivity contribution in [3.8, 4) is 11.5 Å². The second-order valence-electron chi connectivity index (χ2n) is 7.25. The van der Waals surface area contributed by atoms with Crippen molar-refractivity contribution in [3.63, 3.8) is 0 Å². The predicted molar refractivity (Wildman–Crippen MR) is 113 cm³/mol. The number of hydrogen-bond donors (Lipinski definition) is 1. The minimum atomic E-state index is -0.0768. The molecule has 0 aliphatic carbocycles. The summed E-state index contributed by atoms with van der Waals surface area (Å²) in [6, 6.07) is 21.0. The van der Waals surface area contributed by atoms with Crippen molar-refractivity contribution >= 4 is 17.4 Å². The van der Waals surface area contributed by atoms with Crippen molar-refractivity contribution in [2.45, 2.75) is 19.8 Å². The number of para-hydroxylation sites is 1. The monoisotopic (exact) mass is 388 g/mol. The Morgan fingerprint density at radius 2 is 1.76 bits per heavy atom. The standard InChI is InChI=1S/C23H24N4O2/c1-17-9-14-22(26-25-17)27-15-5-6-18(16-27)23(28)24-19-10-12-21(13-11-19)29-20-7-3-2-4-8-20/h2-4,7-14,18H,5-6,15-16H2,1H3,(H,24,28). The molecule has 1 unspecified atom stereocenters. The maximum Gasteiger partial charge on any atom is 0.229 e. The lowest BCUT2D eigenvalue weighted by molar-refractivity contribution is -0.120. The van der Waals surface area contributed by atoms with Crippen LogP contribution in [0.2, 0.25) is 0 Å². The highest BCUT2D eigenvalue weighted by molar-refractivity contribution is 5.93. The quantitative estimate of drug-likeness (QED) is 0.700. The summed E-state index contributed by atoms with van der Waals surface area (Å²) in [6.07, 6.45) is 1.83. The fraction of sp³-hybridized carbons (Fsp3) is 0.261. The summed E-state index contributed by atoms with van der Waals surface area (Å²) in [5.74, 6) is 2.30. The van der Waals surface area contributed by atoms with Crippen LogP contribution in [0.5, 0.6) is 11.5 Å². The van der Waals surface area contributed by atoms with Gasteiger partial charge in [0.25, 0.3) is 0 Å². The number of aryl methyl sites for hydroxylation is 1. The first-order chi connectivity index (χ1) is 14.2. The van der Waals surface area contributed by atoms with Crippen molar-refractivity contribution in [2.24, 2.45) is 5.92 Å². The number of rotatable bonds is 5. The number of nitrogens with one attached hydrogen (secondary N) is 1. The van der Waals surface area contributed by atoms with Gasteiger partial charge < -0.3 is 15.0 Å². The summed E-state index contributed by atoms with van der Waals surface area (Å²) in [4.78, 5) is 14.9. The zero-order chi connectivity index (χ0) is 20.1. The molecule has 1 amide bonds. The van der Waals surface area contributed by atoms with Crippen LogP contribution in [0, 0.1) is 12.8 Å². The number of benzene rings is 2. The van der Waals surface area contributed by atoms with E-state index in [1.807, 2.05) is 73.7 Å². The third-order valence-electron chi connectivity index (χ3n) is 5.00. The molecular weight excluding hydrogens is 364 g/mol. The van der Waals surface area contributed by atoms with E-state index in [2.05, 4.69) is 20.4 Å². The minimum absolute atomic E-state index is 0.0338. The Morgan fingerprint density at radius 1 is 1.00 bits per heavy atom. The molecular formula is C23H24N4O2. The van der Waals surface area contributed by atoms with Crippen LogP contribution in [0.4, 0.5) is 11.5 Å². The lowest BCUT2D eigenvalue weighted by Crippen LogP contribution is -2.41. The summed E-state index contributed by atoms with van der Waals surface area (Å²) in [6.45, 7) is 3.46. The second-order valence-corrected chi connectivity index (χ2v) is 7.25. The molecule has 1 aliphatic rings. The molecule has 1 aliphatic heterocycles. The van der Waals surface area contributed by atoms with Crippen LogP contribution in [0.1, 0.15) is 18.5 Å². The molecule has 0 saturated carbocycles. The molecule has 148 valence electrons. The molecule has 0 spiro atoms. The number of piperidine rings is 1. The van der Waals surface area contributed by atoms with Gasteiger partial charge in [-0.1, -0.05) is 18.2 Å². The third kappa shape index (κ3) is 4.90. The van der Waals surface area contributed by atoms with E-state index in [0.29, 0.717) is 6.54 Å². The number of carbonyl (C=O) groups excluding carboxylic acids is 1. The first kappa shape index (κ1) is 18.9. The Morgan fingerprint density at radius 3 is 2.48 bits per heavy atom. The molecule has 0 bridgehead atoms. The summed E-state index contributed by atoms with van der Waals surface area (Å²) in [5.41, 5.74) is 1.66. The van der Waals surface area contributed by atoms with E-state index < -0.39 is 0 Å². The van der Waals surface area contributed by atoms with Crippen molar-refractivity contribution in [3.05, 3.63) is 72.4 Å². The van der Waals surface area contributed by atoms with E-state index in [4.69, 9.17) is 4.74 Å². The van der Waals surface area contributed by atoms with Gasteiger partial charge >= 0.3 is 0 Å². The van der Waals surface area contributed by atoms with Crippen molar-refractivity contribution in [1.82, 2.24) is 10.2 Å². The van der Waals surface area contributed by atoms with Crippen LogP contribution in [-0.2, 0) is 4.79 Å². The Balaban J connectivity index is 1.35. The van der Waals surface area contributed by atoms with Gasteiger partial charge in [-0.15, -0.1) is 5.10 Å². The van der Waals surface area contributed by atoms with E-state index in [9.17, 15) is 4.79 Å². The summed E-state index contributed by atoms with van der Waals surface area (Å²) in [7, 11) is 0. The highest BCUT2D eigenvalue weighted by Gasteiger charge is 2.26. The van der Waals surface area contributed by atoms with Crippen LogP contribution < -0.4 is 15.0 Å². The van der Waals surface area contributed by atoms with Crippen molar-refractivity contribution in [1.29, 1.82) is 0 Å². The number of anilines is 2. The minimum Gasteiger partial charge on any atom is -0.457 e. The molecule has 0 radical (unpaired) electrons. The molecule has 1 N–H and O–H groups in total. The molecule has 1 saturated heterocycles. The van der Waals surface area contributed by atoms with Gasteiger partial charge in [-0.3, -0.25) is 4.79 Å². The van der Waals surface area contributed by atoms with Crippen molar-refractivity contribution < 1.29 is 9.53 Å². The predicted octanol–water partition coefficient (Wildman–Crippen LogP) is 4.43. The molecule has 6 heteroatoms. The van der Waals surface area contributed by atoms with E-state index >= 15 is 0 Å². The fourth-order valence-electron chi connectivity index (χ4n) is 3.44. The van der Waals surface area contributed by atoms with Crippen LogP contribution in [-0.4, -0.2) is 29.2 Å². The van der Waals surface area contributed by atoms with E-state index in [-0.39, 0.29) is 11.8 Å². The molecule has 1 aromatic heterocycles. The topological polar surface area (TPSA) is 67.4 Å². The molecule has 3 aromatic rings.